The minimum atomic E-state index is -0.252. The Balaban J connectivity index is 1.31. The normalized spacial score (nSPS) is 33.9. The number of rotatable bonds is 9. The molecule has 3 nitrogen and oxygen atoms in total. The molecule has 30 heavy (non-hydrogen) atoms. The Morgan fingerprint density at radius 1 is 0.967 bits per heavy atom. The Hall–Kier alpha value is -1.16. The van der Waals surface area contributed by atoms with Gasteiger partial charge in [0.25, 0.3) is 0 Å². The second-order valence-corrected chi connectivity index (χ2v) is 9.85. The van der Waals surface area contributed by atoms with E-state index in [9.17, 15) is 0 Å². The van der Waals surface area contributed by atoms with E-state index in [0.717, 1.165) is 0 Å². The van der Waals surface area contributed by atoms with Crippen molar-refractivity contribution in [3.05, 3.63) is 47.5 Å². The van der Waals surface area contributed by atoms with Crippen LogP contribution in [0.4, 0.5) is 0 Å². The molecule has 0 aromatic heterocycles. The third-order valence-electron chi connectivity index (χ3n) is 8.09. The molecule has 166 valence electrons. The van der Waals surface area contributed by atoms with Crippen molar-refractivity contribution >= 4 is 0 Å². The molecule has 0 unspecified atom stereocenters. The average Bonchev–Trinajstić information content (AvgIpc) is 2.81. The molecule has 2 bridgehead atoms. The van der Waals surface area contributed by atoms with E-state index >= 15 is 0 Å². The Bertz CT molecular complexity index is 660. The highest BCUT2D eigenvalue weighted by Gasteiger charge is 2.48. The van der Waals surface area contributed by atoms with Gasteiger partial charge in [0.05, 0.1) is 19.8 Å². The fourth-order valence-electron chi connectivity index (χ4n) is 5.91. The Kier molecular flexibility index (Phi) is 7.33. The number of benzene rings is 1. The van der Waals surface area contributed by atoms with Crippen molar-refractivity contribution in [3.8, 4) is 0 Å². The summed E-state index contributed by atoms with van der Waals surface area (Å²) < 4.78 is 17.5. The van der Waals surface area contributed by atoms with Gasteiger partial charge in [0.2, 0.25) is 0 Å². The quantitative estimate of drug-likeness (QED) is 0.327. The number of ether oxygens (including phenoxy) is 3. The molecule has 0 spiro atoms. The molecule has 5 rings (SSSR count). The fourth-order valence-corrected chi connectivity index (χ4v) is 5.91. The standard InChI is InChI=1S/C27H40O3/c1-3-5-7-12-26-13-16-27(17-14-26,18-15-26)23-10-8-22(9-11-23)24-20-30-25(21-29-24)28-19-6-4-2/h4,6,8-11,24-25H,3,5,7,12-21H2,1-2H3/b6-4+/t24-,25+,26?,27?/m1/s1. The maximum atomic E-state index is 6.04. The molecule has 0 radical (unpaired) electrons. The van der Waals surface area contributed by atoms with E-state index in [1.165, 1.54) is 69.8 Å². The molecule has 3 aliphatic carbocycles. The molecule has 2 atom stereocenters. The Labute approximate surface area is 183 Å². The molecule has 1 aliphatic heterocycles. The smallest absolute Gasteiger partial charge is 0.181 e. The van der Waals surface area contributed by atoms with E-state index in [2.05, 4.69) is 31.2 Å². The van der Waals surface area contributed by atoms with Gasteiger partial charge in [0.15, 0.2) is 6.29 Å². The van der Waals surface area contributed by atoms with Crippen molar-refractivity contribution in [2.24, 2.45) is 5.41 Å². The molecular formula is C27H40O3. The summed E-state index contributed by atoms with van der Waals surface area (Å²) in [6, 6.07) is 9.30. The van der Waals surface area contributed by atoms with Gasteiger partial charge in [-0.2, -0.15) is 0 Å². The van der Waals surface area contributed by atoms with Crippen LogP contribution in [-0.4, -0.2) is 26.1 Å². The van der Waals surface area contributed by atoms with E-state index in [-0.39, 0.29) is 12.4 Å². The van der Waals surface area contributed by atoms with Crippen molar-refractivity contribution in [1.82, 2.24) is 0 Å². The lowest BCUT2D eigenvalue weighted by molar-refractivity contribution is -0.232. The highest BCUT2D eigenvalue weighted by Crippen LogP contribution is 2.59. The molecule has 1 heterocycles. The second-order valence-electron chi connectivity index (χ2n) is 9.85. The predicted octanol–water partition coefficient (Wildman–Crippen LogP) is 6.87. The summed E-state index contributed by atoms with van der Waals surface area (Å²) in [5, 5.41) is 0. The first-order valence-corrected chi connectivity index (χ1v) is 12.3. The van der Waals surface area contributed by atoms with Gasteiger partial charge in [0, 0.05) is 0 Å². The van der Waals surface area contributed by atoms with Crippen molar-refractivity contribution in [1.29, 1.82) is 0 Å². The summed E-state index contributed by atoms with van der Waals surface area (Å²) in [4.78, 5) is 0. The lowest BCUT2D eigenvalue weighted by atomic mass is 9.51. The van der Waals surface area contributed by atoms with Crippen LogP contribution in [0.1, 0.15) is 95.3 Å². The average molecular weight is 413 g/mol. The van der Waals surface area contributed by atoms with Gasteiger partial charge in [0.1, 0.15) is 6.10 Å². The van der Waals surface area contributed by atoms with Gasteiger partial charge in [-0.05, 0) is 73.8 Å². The topological polar surface area (TPSA) is 27.7 Å². The second kappa shape index (κ2) is 9.97. The highest BCUT2D eigenvalue weighted by atomic mass is 16.7. The minimum Gasteiger partial charge on any atom is -0.366 e. The maximum Gasteiger partial charge on any atom is 0.181 e. The SMILES string of the molecule is C/C=C/CO[C@@H]1CO[C@@H](c2ccc(C34CCC(CCCCC)(CC3)CC4)cc2)CO1. The zero-order valence-corrected chi connectivity index (χ0v) is 19.0. The third kappa shape index (κ3) is 4.84. The summed E-state index contributed by atoms with van der Waals surface area (Å²) in [6.45, 7) is 5.94. The first-order valence-electron chi connectivity index (χ1n) is 12.3. The van der Waals surface area contributed by atoms with Gasteiger partial charge in [-0.3, -0.25) is 0 Å². The number of unbranched alkanes of at least 4 members (excludes halogenated alkanes) is 2. The monoisotopic (exact) mass is 412 g/mol. The molecule has 0 N–H and O–H groups in total. The van der Waals surface area contributed by atoms with Crippen LogP contribution >= 0.6 is 0 Å². The maximum absolute atomic E-state index is 6.04. The number of allylic oxidation sites excluding steroid dienone is 1. The minimum absolute atomic E-state index is 0.0158. The summed E-state index contributed by atoms with van der Waals surface area (Å²) >= 11 is 0. The van der Waals surface area contributed by atoms with Crippen molar-refractivity contribution in [3.63, 3.8) is 0 Å². The van der Waals surface area contributed by atoms with Crippen LogP contribution in [0.5, 0.6) is 0 Å². The lowest BCUT2D eigenvalue weighted by Crippen LogP contribution is -2.44. The first-order chi connectivity index (χ1) is 14.7. The van der Waals surface area contributed by atoms with Crippen molar-refractivity contribution in [2.45, 2.75) is 95.9 Å². The van der Waals surface area contributed by atoms with E-state index in [1.54, 1.807) is 5.56 Å². The van der Waals surface area contributed by atoms with Crippen molar-refractivity contribution < 1.29 is 14.2 Å². The first kappa shape index (κ1) is 22.0. The zero-order valence-electron chi connectivity index (χ0n) is 19.0. The van der Waals surface area contributed by atoms with Gasteiger partial charge < -0.3 is 14.2 Å². The number of hydrogen-bond donors (Lipinski definition) is 0. The van der Waals surface area contributed by atoms with E-state index in [0.29, 0.717) is 30.7 Å². The largest absolute Gasteiger partial charge is 0.366 e. The number of hydrogen-bond acceptors (Lipinski definition) is 3. The van der Waals surface area contributed by atoms with E-state index < -0.39 is 0 Å². The molecule has 4 fully saturated rings. The van der Waals surface area contributed by atoms with Crippen LogP contribution in [0.25, 0.3) is 0 Å². The van der Waals surface area contributed by atoms with E-state index in [4.69, 9.17) is 14.2 Å². The zero-order chi connectivity index (χ0) is 20.9. The number of fused-ring (bicyclic) bond motifs is 3. The van der Waals surface area contributed by atoms with Crippen LogP contribution in [0.15, 0.2) is 36.4 Å². The van der Waals surface area contributed by atoms with Gasteiger partial charge >= 0.3 is 0 Å². The fraction of sp³-hybridized carbons (Fsp3) is 0.704. The molecule has 0 amide bonds. The van der Waals surface area contributed by atoms with Crippen LogP contribution in [0.3, 0.4) is 0 Å². The predicted molar refractivity (Wildman–Crippen MR) is 122 cm³/mol. The molecule has 4 aliphatic rings. The lowest BCUT2D eigenvalue weighted by Gasteiger charge is -2.54. The molecule has 3 heteroatoms. The Morgan fingerprint density at radius 3 is 2.30 bits per heavy atom. The summed E-state index contributed by atoms with van der Waals surface area (Å²) in [5.74, 6) is 0. The Morgan fingerprint density at radius 2 is 1.70 bits per heavy atom. The van der Waals surface area contributed by atoms with Crippen LogP contribution in [-0.2, 0) is 19.6 Å². The molecule has 1 aromatic rings. The summed E-state index contributed by atoms with van der Waals surface area (Å²) in [6.07, 6.45) is 17.8. The summed E-state index contributed by atoms with van der Waals surface area (Å²) in [5.41, 5.74) is 3.89. The third-order valence-corrected chi connectivity index (χ3v) is 8.09. The van der Waals surface area contributed by atoms with Gasteiger partial charge in [-0.15, -0.1) is 0 Å². The van der Waals surface area contributed by atoms with Crippen LogP contribution in [0, 0.1) is 5.41 Å². The molecular weight excluding hydrogens is 372 g/mol. The van der Waals surface area contributed by atoms with Gasteiger partial charge in [-0.25, -0.2) is 0 Å². The molecule has 1 aromatic carbocycles. The van der Waals surface area contributed by atoms with Gasteiger partial charge in [-0.1, -0.05) is 62.6 Å². The summed E-state index contributed by atoms with van der Waals surface area (Å²) in [7, 11) is 0. The molecule has 3 saturated carbocycles. The van der Waals surface area contributed by atoms with E-state index in [1.807, 2.05) is 19.1 Å². The van der Waals surface area contributed by atoms with Crippen LogP contribution in [0.2, 0.25) is 0 Å². The highest BCUT2D eigenvalue weighted by molar-refractivity contribution is 5.32. The van der Waals surface area contributed by atoms with Crippen molar-refractivity contribution in [2.75, 3.05) is 19.8 Å². The van der Waals surface area contributed by atoms with Crippen LogP contribution < -0.4 is 0 Å². The molecule has 1 saturated heterocycles.